The zero-order chi connectivity index (χ0) is 15.5. The molecule has 120 valence electrons. The van der Waals surface area contributed by atoms with Gasteiger partial charge < -0.3 is 14.4 Å². The van der Waals surface area contributed by atoms with Crippen molar-refractivity contribution in [2.45, 2.75) is 31.6 Å². The fraction of sp³-hybridized carbons (Fsp3) is 0.667. The Morgan fingerprint density at radius 2 is 2.36 bits per heavy atom. The van der Waals surface area contributed by atoms with Gasteiger partial charge in [-0.2, -0.15) is 5.10 Å². The van der Waals surface area contributed by atoms with Gasteiger partial charge in [0.2, 0.25) is 0 Å². The second kappa shape index (κ2) is 6.58. The predicted molar refractivity (Wildman–Crippen MR) is 80.6 cm³/mol. The van der Waals surface area contributed by atoms with Gasteiger partial charge in [-0.05, 0) is 19.1 Å². The topological polar surface area (TPSA) is 67.8 Å². The number of hydrogen-bond donors (Lipinski definition) is 0. The van der Waals surface area contributed by atoms with E-state index in [4.69, 9.17) is 9.47 Å². The first-order chi connectivity index (χ1) is 10.6. The van der Waals surface area contributed by atoms with Crippen molar-refractivity contribution in [1.29, 1.82) is 0 Å². The smallest absolute Gasteiger partial charge is 0.323 e. The first kappa shape index (κ1) is 15.2. The molecule has 22 heavy (non-hydrogen) atoms. The standard InChI is InChI=1S/C15H22N4O3/c1-11-8-13(15(20)22-11)19-6-7-21-12(10-19)9-18(2)14-4-3-5-16-17-14/h3-5,11-13H,6-10H2,1-2H3/t11-,12+,13-/m1/s1. The molecule has 7 heteroatoms. The third kappa shape index (κ3) is 3.36. The first-order valence-electron chi connectivity index (χ1n) is 7.68. The number of morpholine rings is 1. The summed E-state index contributed by atoms with van der Waals surface area (Å²) in [6.45, 7) is 4.80. The van der Waals surface area contributed by atoms with E-state index in [1.165, 1.54) is 0 Å². The van der Waals surface area contributed by atoms with Crippen LogP contribution in [0.3, 0.4) is 0 Å². The predicted octanol–water partition coefficient (Wildman–Crippen LogP) is 0.318. The van der Waals surface area contributed by atoms with Gasteiger partial charge in [0.1, 0.15) is 12.1 Å². The van der Waals surface area contributed by atoms with Crippen LogP contribution in [0.2, 0.25) is 0 Å². The summed E-state index contributed by atoms with van der Waals surface area (Å²) >= 11 is 0. The van der Waals surface area contributed by atoms with Crippen molar-refractivity contribution in [3.63, 3.8) is 0 Å². The van der Waals surface area contributed by atoms with Crippen LogP contribution in [0.1, 0.15) is 13.3 Å². The van der Waals surface area contributed by atoms with Crippen LogP contribution in [-0.4, -0.2) is 72.6 Å². The number of ether oxygens (including phenoxy) is 2. The highest BCUT2D eigenvalue weighted by atomic mass is 16.6. The first-order valence-corrected chi connectivity index (χ1v) is 7.68. The lowest BCUT2D eigenvalue weighted by molar-refractivity contribution is -0.146. The maximum absolute atomic E-state index is 11.9. The lowest BCUT2D eigenvalue weighted by atomic mass is 10.1. The van der Waals surface area contributed by atoms with Gasteiger partial charge in [0.05, 0.1) is 12.7 Å². The van der Waals surface area contributed by atoms with E-state index in [9.17, 15) is 4.79 Å². The van der Waals surface area contributed by atoms with E-state index in [0.717, 1.165) is 25.3 Å². The van der Waals surface area contributed by atoms with Crippen molar-refractivity contribution in [2.24, 2.45) is 0 Å². The zero-order valence-corrected chi connectivity index (χ0v) is 13.0. The van der Waals surface area contributed by atoms with E-state index < -0.39 is 0 Å². The average Bonchev–Trinajstić information content (AvgIpc) is 2.87. The Balaban J connectivity index is 1.58. The summed E-state index contributed by atoms with van der Waals surface area (Å²) in [5.41, 5.74) is 0. The lowest BCUT2D eigenvalue weighted by Crippen LogP contribution is -2.52. The van der Waals surface area contributed by atoms with Gasteiger partial charge >= 0.3 is 5.97 Å². The minimum Gasteiger partial charge on any atom is -0.461 e. The Labute approximate surface area is 130 Å². The Morgan fingerprint density at radius 3 is 3.05 bits per heavy atom. The second-order valence-corrected chi connectivity index (χ2v) is 5.95. The molecule has 1 aromatic rings. The molecular weight excluding hydrogens is 284 g/mol. The van der Waals surface area contributed by atoms with Crippen molar-refractivity contribution >= 4 is 11.8 Å². The molecule has 0 saturated carbocycles. The van der Waals surface area contributed by atoms with Gasteiger partial charge in [0, 0.05) is 39.3 Å². The molecule has 3 rings (SSSR count). The molecule has 3 atom stereocenters. The summed E-state index contributed by atoms with van der Waals surface area (Å²) in [7, 11) is 1.97. The number of aromatic nitrogens is 2. The molecule has 1 aromatic heterocycles. The minimum atomic E-state index is -0.122. The molecule has 3 heterocycles. The van der Waals surface area contributed by atoms with Gasteiger partial charge in [-0.25, -0.2) is 0 Å². The number of cyclic esters (lactones) is 1. The molecule has 2 aliphatic rings. The number of carbonyl (C=O) groups is 1. The molecule has 2 aliphatic heterocycles. The average molecular weight is 306 g/mol. The summed E-state index contributed by atoms with van der Waals surface area (Å²) in [5.74, 6) is 0.715. The molecule has 2 saturated heterocycles. The third-order valence-electron chi connectivity index (χ3n) is 4.18. The highest BCUT2D eigenvalue weighted by Crippen LogP contribution is 2.22. The molecule has 0 unspecified atom stereocenters. The second-order valence-electron chi connectivity index (χ2n) is 5.95. The van der Waals surface area contributed by atoms with Crippen LogP contribution in [0.4, 0.5) is 5.82 Å². The van der Waals surface area contributed by atoms with Crippen LogP contribution >= 0.6 is 0 Å². The van der Waals surface area contributed by atoms with Gasteiger partial charge in [0.15, 0.2) is 5.82 Å². The Kier molecular flexibility index (Phi) is 4.54. The number of rotatable bonds is 4. The van der Waals surface area contributed by atoms with Gasteiger partial charge in [0.25, 0.3) is 0 Å². The summed E-state index contributed by atoms with van der Waals surface area (Å²) < 4.78 is 11.1. The number of hydrogen-bond acceptors (Lipinski definition) is 7. The fourth-order valence-corrected chi connectivity index (χ4v) is 3.07. The molecule has 0 N–H and O–H groups in total. The van der Waals surface area contributed by atoms with Crippen LogP contribution in [-0.2, 0) is 14.3 Å². The maximum Gasteiger partial charge on any atom is 0.323 e. The lowest BCUT2D eigenvalue weighted by Gasteiger charge is -2.36. The van der Waals surface area contributed by atoms with E-state index in [-0.39, 0.29) is 24.2 Å². The number of anilines is 1. The zero-order valence-electron chi connectivity index (χ0n) is 13.0. The van der Waals surface area contributed by atoms with Crippen molar-refractivity contribution in [1.82, 2.24) is 15.1 Å². The van der Waals surface area contributed by atoms with E-state index in [2.05, 4.69) is 15.1 Å². The maximum atomic E-state index is 11.9. The normalized spacial score (nSPS) is 29.4. The van der Waals surface area contributed by atoms with Gasteiger partial charge in [-0.1, -0.05) is 0 Å². The summed E-state index contributed by atoms with van der Waals surface area (Å²) in [6, 6.07) is 3.66. The monoisotopic (exact) mass is 306 g/mol. The SMILES string of the molecule is C[C@@H]1C[C@@H](N2CCO[C@@H](CN(C)c3cccnn3)C2)C(=O)O1. The van der Waals surface area contributed by atoms with Gasteiger partial charge in [-0.3, -0.25) is 9.69 Å². The van der Waals surface area contributed by atoms with Crippen molar-refractivity contribution in [3.05, 3.63) is 18.3 Å². The third-order valence-corrected chi connectivity index (χ3v) is 4.18. The quantitative estimate of drug-likeness (QED) is 0.742. The minimum absolute atomic E-state index is 0.0149. The Morgan fingerprint density at radius 1 is 1.50 bits per heavy atom. The van der Waals surface area contributed by atoms with E-state index in [1.807, 2.05) is 31.0 Å². The molecule has 2 fully saturated rings. The van der Waals surface area contributed by atoms with Crippen LogP contribution in [0.5, 0.6) is 0 Å². The number of esters is 1. The number of likely N-dealkylation sites (N-methyl/N-ethyl adjacent to an activating group) is 1. The fourth-order valence-electron chi connectivity index (χ4n) is 3.07. The molecule has 0 aromatic carbocycles. The van der Waals surface area contributed by atoms with Crippen molar-refractivity contribution < 1.29 is 14.3 Å². The highest BCUT2D eigenvalue weighted by molar-refractivity contribution is 5.78. The van der Waals surface area contributed by atoms with Crippen LogP contribution in [0.25, 0.3) is 0 Å². The molecule has 0 bridgehead atoms. The molecule has 0 spiro atoms. The molecular formula is C15H22N4O3. The molecule has 0 amide bonds. The van der Waals surface area contributed by atoms with Crippen LogP contribution in [0, 0.1) is 0 Å². The molecule has 0 radical (unpaired) electrons. The largest absolute Gasteiger partial charge is 0.461 e. The number of carbonyl (C=O) groups excluding carboxylic acids is 1. The van der Waals surface area contributed by atoms with Crippen LogP contribution < -0.4 is 4.90 Å². The van der Waals surface area contributed by atoms with Crippen molar-refractivity contribution in [3.8, 4) is 0 Å². The van der Waals surface area contributed by atoms with E-state index in [1.54, 1.807) is 6.20 Å². The summed E-state index contributed by atoms with van der Waals surface area (Å²) in [4.78, 5) is 16.1. The van der Waals surface area contributed by atoms with E-state index in [0.29, 0.717) is 13.2 Å². The van der Waals surface area contributed by atoms with E-state index >= 15 is 0 Å². The Bertz CT molecular complexity index is 513. The van der Waals surface area contributed by atoms with Gasteiger partial charge in [-0.15, -0.1) is 5.10 Å². The molecule has 7 nitrogen and oxygen atoms in total. The van der Waals surface area contributed by atoms with Crippen molar-refractivity contribution in [2.75, 3.05) is 38.2 Å². The summed E-state index contributed by atoms with van der Waals surface area (Å²) in [6.07, 6.45) is 2.49. The molecule has 0 aliphatic carbocycles. The Hall–Kier alpha value is -1.73. The highest BCUT2D eigenvalue weighted by Gasteiger charge is 2.38. The van der Waals surface area contributed by atoms with Crippen LogP contribution in [0.15, 0.2) is 18.3 Å². The summed E-state index contributed by atoms with van der Waals surface area (Å²) in [5, 5.41) is 7.99. The number of nitrogens with zero attached hydrogens (tertiary/aromatic N) is 4.